The van der Waals surface area contributed by atoms with Crippen molar-refractivity contribution in [2.75, 3.05) is 24.3 Å². The predicted octanol–water partition coefficient (Wildman–Crippen LogP) is 5.42. The van der Waals surface area contributed by atoms with E-state index in [-0.39, 0.29) is 5.91 Å². The topological polar surface area (TPSA) is 76.1 Å². The molecule has 0 aliphatic heterocycles. The fraction of sp³-hybridized carbons (Fsp3) is 0.208. The van der Waals surface area contributed by atoms with Gasteiger partial charge in [-0.05, 0) is 31.5 Å². The summed E-state index contributed by atoms with van der Waals surface area (Å²) in [7, 11) is 1.60. The summed E-state index contributed by atoms with van der Waals surface area (Å²) in [5, 5.41) is 7.23. The Bertz CT molecular complexity index is 1220. The van der Waals surface area contributed by atoms with Crippen LogP contribution >= 0.6 is 11.3 Å². The second-order valence-corrected chi connectivity index (χ2v) is 8.46. The van der Waals surface area contributed by atoms with Gasteiger partial charge in [0.25, 0.3) is 0 Å². The van der Waals surface area contributed by atoms with Gasteiger partial charge in [-0.25, -0.2) is 9.97 Å². The largest absolute Gasteiger partial charge is 0.497 e. The molecule has 2 heterocycles. The molecule has 4 aromatic rings. The van der Waals surface area contributed by atoms with Crippen LogP contribution in [0, 0.1) is 13.8 Å². The summed E-state index contributed by atoms with van der Waals surface area (Å²) in [5.41, 5.74) is 4.22. The number of ether oxygens (including phenoxy) is 1. The van der Waals surface area contributed by atoms with Gasteiger partial charge in [-0.1, -0.05) is 35.9 Å². The van der Waals surface area contributed by atoms with Crippen molar-refractivity contribution in [3.63, 3.8) is 0 Å². The summed E-state index contributed by atoms with van der Waals surface area (Å²) in [4.78, 5) is 23.4. The van der Waals surface area contributed by atoms with Crippen LogP contribution in [0.5, 0.6) is 5.75 Å². The maximum absolute atomic E-state index is 12.4. The van der Waals surface area contributed by atoms with E-state index in [1.165, 1.54) is 10.4 Å². The maximum atomic E-state index is 12.4. The van der Waals surface area contributed by atoms with Crippen LogP contribution in [0.15, 0.2) is 54.9 Å². The Kier molecular flexibility index (Phi) is 6.13. The first-order valence-corrected chi connectivity index (χ1v) is 10.9. The van der Waals surface area contributed by atoms with E-state index in [4.69, 9.17) is 4.74 Å². The lowest BCUT2D eigenvalue weighted by Gasteiger charge is -2.10. The van der Waals surface area contributed by atoms with Gasteiger partial charge in [-0.3, -0.25) is 4.79 Å². The van der Waals surface area contributed by atoms with E-state index in [1.54, 1.807) is 30.8 Å². The number of aromatic nitrogens is 2. The molecule has 4 rings (SSSR count). The maximum Gasteiger partial charge on any atom is 0.226 e. The monoisotopic (exact) mass is 432 g/mol. The van der Waals surface area contributed by atoms with E-state index in [9.17, 15) is 4.79 Å². The Morgan fingerprint density at radius 3 is 2.68 bits per heavy atom. The Balaban J connectivity index is 1.50. The Labute approximate surface area is 185 Å². The number of benzene rings is 2. The second-order valence-electron chi connectivity index (χ2n) is 7.26. The van der Waals surface area contributed by atoms with Gasteiger partial charge in [-0.15, -0.1) is 11.3 Å². The molecule has 1 amide bonds. The summed E-state index contributed by atoms with van der Waals surface area (Å²) in [6, 6.07) is 15.8. The molecule has 31 heavy (non-hydrogen) atoms. The Morgan fingerprint density at radius 1 is 1.10 bits per heavy atom. The minimum absolute atomic E-state index is 0.0775. The molecule has 0 fully saturated rings. The molecule has 6 nitrogen and oxygen atoms in total. The molecule has 158 valence electrons. The van der Waals surface area contributed by atoms with Crippen LogP contribution in [0.3, 0.4) is 0 Å². The van der Waals surface area contributed by atoms with Crippen LogP contribution in [0.1, 0.15) is 16.9 Å². The summed E-state index contributed by atoms with van der Waals surface area (Å²) < 4.78 is 5.20. The fourth-order valence-electron chi connectivity index (χ4n) is 3.46. The molecular formula is C24H24N4O2S. The molecule has 2 N–H and O–H groups in total. The smallest absolute Gasteiger partial charge is 0.226 e. The van der Waals surface area contributed by atoms with Crippen molar-refractivity contribution < 1.29 is 9.53 Å². The molecule has 0 spiro atoms. The molecule has 2 aromatic carbocycles. The number of thiophene rings is 1. The number of carbonyl (C=O) groups excluding carboxylic acids is 1. The molecular weight excluding hydrogens is 408 g/mol. The van der Waals surface area contributed by atoms with Crippen molar-refractivity contribution in [1.29, 1.82) is 0 Å². The molecule has 0 aliphatic rings. The second kappa shape index (κ2) is 9.14. The predicted molar refractivity (Wildman–Crippen MR) is 127 cm³/mol. The van der Waals surface area contributed by atoms with Crippen molar-refractivity contribution in [1.82, 2.24) is 9.97 Å². The molecule has 0 atom stereocenters. The number of hydrogen-bond acceptors (Lipinski definition) is 6. The highest BCUT2D eigenvalue weighted by Gasteiger charge is 2.16. The molecule has 0 saturated heterocycles. The molecule has 7 heteroatoms. The van der Waals surface area contributed by atoms with Crippen LogP contribution in [-0.2, 0) is 4.79 Å². The highest BCUT2D eigenvalue weighted by Crippen LogP contribution is 2.40. The van der Waals surface area contributed by atoms with Crippen molar-refractivity contribution >= 4 is 39.0 Å². The molecule has 0 radical (unpaired) electrons. The normalized spacial score (nSPS) is 10.8. The number of fused-ring (bicyclic) bond motifs is 1. The molecule has 2 aromatic heterocycles. The van der Waals surface area contributed by atoms with Gasteiger partial charge in [-0.2, -0.15) is 0 Å². The zero-order valence-corrected chi connectivity index (χ0v) is 18.5. The summed E-state index contributed by atoms with van der Waals surface area (Å²) in [5.74, 6) is 1.38. The number of nitrogens with one attached hydrogen (secondary N) is 2. The number of aryl methyl sites for hydroxylation is 2. The lowest BCUT2D eigenvalue weighted by Crippen LogP contribution is -2.16. The zero-order valence-electron chi connectivity index (χ0n) is 17.7. The molecule has 0 unspecified atom stereocenters. The van der Waals surface area contributed by atoms with E-state index in [0.717, 1.165) is 27.2 Å². The van der Waals surface area contributed by atoms with E-state index in [2.05, 4.69) is 58.7 Å². The van der Waals surface area contributed by atoms with Crippen molar-refractivity contribution in [2.24, 2.45) is 0 Å². The number of hydrogen-bond donors (Lipinski definition) is 2. The first kappa shape index (κ1) is 20.8. The SMILES string of the molecule is COc1cccc(NC(=O)CCNc2ncnc3sc(C)c(-c4ccc(C)cc4)c23)c1. The van der Waals surface area contributed by atoms with Gasteiger partial charge in [0.1, 0.15) is 22.7 Å². The van der Waals surface area contributed by atoms with Gasteiger partial charge in [0.15, 0.2) is 0 Å². The van der Waals surface area contributed by atoms with Crippen LogP contribution < -0.4 is 15.4 Å². The third-order valence-corrected chi connectivity index (χ3v) is 6.02. The molecule has 0 bridgehead atoms. The molecule has 0 aliphatic carbocycles. The van der Waals surface area contributed by atoms with Crippen molar-refractivity contribution in [3.05, 3.63) is 65.3 Å². The van der Waals surface area contributed by atoms with Crippen LogP contribution in [0.4, 0.5) is 11.5 Å². The Hall–Kier alpha value is -3.45. The highest BCUT2D eigenvalue weighted by atomic mass is 32.1. The van der Waals surface area contributed by atoms with Gasteiger partial charge >= 0.3 is 0 Å². The number of anilines is 2. The van der Waals surface area contributed by atoms with E-state index in [0.29, 0.717) is 24.4 Å². The summed E-state index contributed by atoms with van der Waals surface area (Å²) >= 11 is 1.65. The standard InChI is InChI=1S/C24H24N4O2S/c1-15-7-9-17(10-8-15)21-16(2)31-24-22(21)23(26-14-27-24)25-12-11-20(29)28-18-5-4-6-19(13-18)30-3/h4-10,13-14H,11-12H2,1-3H3,(H,28,29)(H,25,26,27). The third-order valence-electron chi connectivity index (χ3n) is 5.00. The van der Waals surface area contributed by atoms with E-state index in [1.807, 2.05) is 18.2 Å². The quantitative estimate of drug-likeness (QED) is 0.408. The number of rotatable bonds is 7. The summed E-state index contributed by atoms with van der Waals surface area (Å²) in [6.07, 6.45) is 1.88. The first-order chi connectivity index (χ1) is 15.0. The number of methoxy groups -OCH3 is 1. The average Bonchev–Trinajstić information content (AvgIpc) is 3.11. The van der Waals surface area contributed by atoms with Gasteiger partial charge in [0.2, 0.25) is 5.91 Å². The number of amides is 1. The van der Waals surface area contributed by atoms with Crippen LogP contribution in [0.25, 0.3) is 21.3 Å². The van der Waals surface area contributed by atoms with Gasteiger partial charge in [0.05, 0.1) is 12.5 Å². The average molecular weight is 433 g/mol. The van der Waals surface area contributed by atoms with Crippen molar-refractivity contribution in [2.45, 2.75) is 20.3 Å². The summed E-state index contributed by atoms with van der Waals surface area (Å²) in [6.45, 7) is 4.64. The fourth-order valence-corrected chi connectivity index (χ4v) is 4.48. The lowest BCUT2D eigenvalue weighted by atomic mass is 10.0. The minimum Gasteiger partial charge on any atom is -0.497 e. The van der Waals surface area contributed by atoms with Gasteiger partial charge in [0, 0.05) is 35.2 Å². The number of nitrogens with zero attached hydrogens (tertiary/aromatic N) is 2. The van der Waals surface area contributed by atoms with Crippen LogP contribution in [0.2, 0.25) is 0 Å². The lowest BCUT2D eigenvalue weighted by molar-refractivity contribution is -0.115. The highest BCUT2D eigenvalue weighted by molar-refractivity contribution is 7.19. The van der Waals surface area contributed by atoms with Crippen molar-refractivity contribution in [3.8, 4) is 16.9 Å². The van der Waals surface area contributed by atoms with Gasteiger partial charge < -0.3 is 15.4 Å². The zero-order chi connectivity index (χ0) is 21.8. The Morgan fingerprint density at radius 2 is 1.90 bits per heavy atom. The minimum atomic E-state index is -0.0775. The first-order valence-electron chi connectivity index (χ1n) is 10.0. The van der Waals surface area contributed by atoms with Crippen LogP contribution in [-0.4, -0.2) is 29.5 Å². The van der Waals surface area contributed by atoms with E-state index >= 15 is 0 Å². The molecule has 0 saturated carbocycles. The third kappa shape index (κ3) is 4.67. The number of carbonyl (C=O) groups is 1. The van der Waals surface area contributed by atoms with E-state index < -0.39 is 0 Å².